The number of carbonyl (C=O) groups is 1. The molecule has 6 rings (SSSR count). The number of hydrogen-bond donors (Lipinski definition) is 0. The highest BCUT2D eigenvalue weighted by Crippen LogP contribution is 2.33. The van der Waals surface area contributed by atoms with Gasteiger partial charge in [-0.05, 0) is 92.0 Å². The van der Waals surface area contributed by atoms with Gasteiger partial charge in [0.25, 0.3) is 0 Å². The number of rotatable bonds is 15. The largest absolute Gasteiger partial charge is 0.494 e. The number of carbonyl (C=O) groups excluding carboxylic acids is 1. The number of ether oxygens (including phenoxy) is 5. The first kappa shape index (κ1) is 38.6. The predicted octanol–water partition coefficient (Wildman–Crippen LogP) is 7.76. The molecule has 2 atom stereocenters. The zero-order valence-corrected chi connectivity index (χ0v) is 32.0. The zero-order valence-electron chi connectivity index (χ0n) is 32.0. The maximum absolute atomic E-state index is 13.1. The van der Waals surface area contributed by atoms with Crippen LogP contribution in [-0.2, 0) is 27.4 Å². The van der Waals surface area contributed by atoms with Crippen molar-refractivity contribution in [1.82, 2.24) is 14.7 Å². The van der Waals surface area contributed by atoms with E-state index in [9.17, 15) is 4.79 Å². The standard InChI is InChI=1S/C44H57N3O6/c1-44(2,3)53-43(48)47-20-19-41(37-14-16-39(17-15-37)50-27-8-26-49-32-34-9-6-5-7-10-34)42(31-47)52-33-35-11-12-36-13-18-40(30-38(36)29-35)51-28-25-46-23-21-45(4)22-24-46/h5-7,9-18,29-30,41-42H,8,19-28,31-33H2,1-4H3. The first-order valence-electron chi connectivity index (χ1n) is 19.2. The number of likely N-dealkylation sites (N-methyl/N-ethyl adjacent to an activating group) is 1. The van der Waals surface area contributed by atoms with Crippen LogP contribution in [0.1, 0.15) is 56.2 Å². The number of likely N-dealkylation sites (tertiary alicyclic amines) is 1. The predicted molar refractivity (Wildman–Crippen MR) is 210 cm³/mol. The van der Waals surface area contributed by atoms with Crippen molar-refractivity contribution >= 4 is 16.9 Å². The van der Waals surface area contributed by atoms with Gasteiger partial charge in [0.15, 0.2) is 0 Å². The molecule has 2 heterocycles. The summed E-state index contributed by atoms with van der Waals surface area (Å²) in [6.07, 6.45) is 1.08. The van der Waals surface area contributed by atoms with Crippen LogP contribution in [0.25, 0.3) is 10.8 Å². The van der Waals surface area contributed by atoms with Gasteiger partial charge in [0.05, 0.1) is 39.1 Å². The highest BCUT2D eigenvalue weighted by molar-refractivity contribution is 5.84. The Hall–Kier alpha value is -4.15. The lowest BCUT2D eigenvalue weighted by Gasteiger charge is -2.39. The van der Waals surface area contributed by atoms with Crippen LogP contribution < -0.4 is 9.47 Å². The van der Waals surface area contributed by atoms with Gasteiger partial charge in [-0.1, -0.05) is 60.7 Å². The molecular weight excluding hydrogens is 666 g/mol. The third kappa shape index (κ3) is 11.9. The molecule has 2 aliphatic heterocycles. The minimum atomic E-state index is -0.563. The van der Waals surface area contributed by atoms with Gasteiger partial charge in [0, 0.05) is 51.6 Å². The van der Waals surface area contributed by atoms with Crippen LogP contribution in [0, 0.1) is 0 Å². The van der Waals surface area contributed by atoms with Crippen molar-refractivity contribution in [3.63, 3.8) is 0 Å². The number of fused-ring (bicyclic) bond motifs is 1. The summed E-state index contributed by atoms with van der Waals surface area (Å²) in [4.78, 5) is 19.7. The summed E-state index contributed by atoms with van der Waals surface area (Å²) in [5.41, 5.74) is 2.87. The summed E-state index contributed by atoms with van der Waals surface area (Å²) >= 11 is 0. The van der Waals surface area contributed by atoms with E-state index in [4.69, 9.17) is 23.7 Å². The van der Waals surface area contributed by atoms with Crippen LogP contribution in [0.2, 0.25) is 0 Å². The molecule has 0 bridgehead atoms. The third-order valence-corrected chi connectivity index (χ3v) is 9.94. The SMILES string of the molecule is CN1CCN(CCOc2ccc3ccc(COC4CN(C(=O)OC(C)(C)C)CCC4c4ccc(OCCCOCc5ccccc5)cc4)cc3c2)CC1. The molecule has 2 aliphatic rings. The summed E-state index contributed by atoms with van der Waals surface area (Å²) in [5.74, 6) is 1.84. The Labute approximate surface area is 315 Å². The van der Waals surface area contributed by atoms with Crippen molar-refractivity contribution in [3.05, 3.63) is 108 Å². The second-order valence-corrected chi connectivity index (χ2v) is 15.3. The molecule has 9 nitrogen and oxygen atoms in total. The summed E-state index contributed by atoms with van der Waals surface area (Å²) < 4.78 is 30.4. The highest BCUT2D eigenvalue weighted by atomic mass is 16.6. The number of hydrogen-bond acceptors (Lipinski definition) is 8. The fourth-order valence-electron chi connectivity index (χ4n) is 6.91. The molecule has 4 aromatic carbocycles. The molecule has 1 amide bonds. The Morgan fingerprint density at radius 1 is 0.736 bits per heavy atom. The molecule has 284 valence electrons. The molecule has 2 unspecified atom stereocenters. The van der Waals surface area contributed by atoms with Crippen LogP contribution in [-0.4, -0.2) is 105 Å². The quantitative estimate of drug-likeness (QED) is 0.115. The lowest BCUT2D eigenvalue weighted by molar-refractivity contribution is -0.0359. The second-order valence-electron chi connectivity index (χ2n) is 15.3. The maximum Gasteiger partial charge on any atom is 0.410 e. The second kappa shape index (κ2) is 18.7. The Bertz CT molecular complexity index is 1720. The fraction of sp³-hybridized carbons (Fsp3) is 0.477. The topological polar surface area (TPSA) is 72.9 Å². The summed E-state index contributed by atoms with van der Waals surface area (Å²) in [5, 5.41) is 2.28. The molecule has 9 heteroatoms. The molecule has 53 heavy (non-hydrogen) atoms. The molecular formula is C44H57N3O6. The van der Waals surface area contributed by atoms with Crippen molar-refractivity contribution < 1.29 is 28.5 Å². The smallest absolute Gasteiger partial charge is 0.410 e. The van der Waals surface area contributed by atoms with Gasteiger partial charge in [0.1, 0.15) is 23.7 Å². The normalized spacial score (nSPS) is 18.6. The monoisotopic (exact) mass is 723 g/mol. The van der Waals surface area contributed by atoms with E-state index in [-0.39, 0.29) is 18.1 Å². The Kier molecular flexibility index (Phi) is 13.6. The van der Waals surface area contributed by atoms with Gasteiger partial charge in [-0.25, -0.2) is 4.79 Å². The zero-order chi connectivity index (χ0) is 37.0. The van der Waals surface area contributed by atoms with E-state index in [1.54, 1.807) is 4.90 Å². The average molecular weight is 724 g/mol. The van der Waals surface area contributed by atoms with E-state index < -0.39 is 5.60 Å². The van der Waals surface area contributed by atoms with Crippen LogP contribution in [0.5, 0.6) is 11.5 Å². The van der Waals surface area contributed by atoms with Crippen molar-refractivity contribution in [2.24, 2.45) is 0 Å². The van der Waals surface area contributed by atoms with E-state index in [2.05, 4.69) is 77.5 Å². The minimum Gasteiger partial charge on any atom is -0.494 e. The Balaban J connectivity index is 1.05. The number of amides is 1. The highest BCUT2D eigenvalue weighted by Gasteiger charge is 2.35. The molecule has 0 aliphatic carbocycles. The Morgan fingerprint density at radius 3 is 2.25 bits per heavy atom. The van der Waals surface area contributed by atoms with Crippen molar-refractivity contribution in [2.45, 2.75) is 64.4 Å². The van der Waals surface area contributed by atoms with Gasteiger partial charge in [0.2, 0.25) is 0 Å². The fourth-order valence-corrected chi connectivity index (χ4v) is 6.91. The number of benzene rings is 4. The van der Waals surface area contributed by atoms with E-state index in [0.29, 0.717) is 46.1 Å². The van der Waals surface area contributed by atoms with E-state index >= 15 is 0 Å². The van der Waals surface area contributed by atoms with Gasteiger partial charge in [-0.3, -0.25) is 4.90 Å². The van der Waals surface area contributed by atoms with Crippen molar-refractivity contribution in [1.29, 1.82) is 0 Å². The third-order valence-electron chi connectivity index (χ3n) is 9.94. The van der Waals surface area contributed by atoms with Crippen LogP contribution in [0.3, 0.4) is 0 Å². The van der Waals surface area contributed by atoms with Crippen LogP contribution >= 0.6 is 0 Å². The van der Waals surface area contributed by atoms with Crippen LogP contribution in [0.4, 0.5) is 4.79 Å². The summed E-state index contributed by atoms with van der Waals surface area (Å²) in [7, 11) is 2.18. The molecule has 2 saturated heterocycles. The molecule has 0 radical (unpaired) electrons. The van der Waals surface area contributed by atoms with Crippen LogP contribution in [0.15, 0.2) is 91.0 Å². The maximum atomic E-state index is 13.1. The molecule has 4 aromatic rings. The van der Waals surface area contributed by atoms with E-state index in [1.165, 1.54) is 11.1 Å². The summed E-state index contributed by atoms with van der Waals surface area (Å²) in [6.45, 7) is 15.0. The lowest BCUT2D eigenvalue weighted by atomic mass is 9.87. The lowest BCUT2D eigenvalue weighted by Crippen LogP contribution is -2.48. The number of piperazine rings is 1. The van der Waals surface area contributed by atoms with E-state index in [0.717, 1.165) is 73.4 Å². The summed E-state index contributed by atoms with van der Waals surface area (Å²) in [6, 6.07) is 31.3. The van der Waals surface area contributed by atoms with Gasteiger partial charge in [-0.2, -0.15) is 0 Å². The first-order chi connectivity index (χ1) is 25.7. The minimum absolute atomic E-state index is 0.120. The molecule has 0 aromatic heterocycles. The van der Waals surface area contributed by atoms with Gasteiger partial charge >= 0.3 is 6.09 Å². The van der Waals surface area contributed by atoms with Crippen molar-refractivity contribution in [2.75, 3.05) is 72.7 Å². The molecule has 0 spiro atoms. The van der Waals surface area contributed by atoms with Gasteiger partial charge in [-0.15, -0.1) is 0 Å². The van der Waals surface area contributed by atoms with E-state index in [1.807, 2.05) is 51.1 Å². The first-order valence-corrected chi connectivity index (χ1v) is 19.2. The average Bonchev–Trinajstić information content (AvgIpc) is 3.16. The molecule has 2 fully saturated rings. The molecule has 0 saturated carbocycles. The van der Waals surface area contributed by atoms with Gasteiger partial charge < -0.3 is 33.5 Å². The number of nitrogens with zero attached hydrogens (tertiary/aromatic N) is 3. The Morgan fingerprint density at radius 2 is 1.47 bits per heavy atom. The van der Waals surface area contributed by atoms with Crippen molar-refractivity contribution in [3.8, 4) is 11.5 Å². The number of piperidine rings is 1. The molecule has 0 N–H and O–H groups in total.